The highest BCUT2D eigenvalue weighted by Crippen LogP contribution is 2.12. The molecular formula is C18H17N3O5. The fraction of sp³-hybridized carbons (Fsp3) is 0.167. The molecule has 1 aromatic heterocycles. The molecule has 0 spiro atoms. The van der Waals surface area contributed by atoms with Gasteiger partial charge in [0.05, 0.1) is 12.1 Å². The first kappa shape index (κ1) is 17.3. The number of carbonyl (C=O) groups excluding carboxylic acids is 2. The summed E-state index contributed by atoms with van der Waals surface area (Å²) >= 11 is 0. The van der Waals surface area contributed by atoms with Crippen molar-refractivity contribution in [2.45, 2.75) is 13.5 Å². The molecule has 0 saturated heterocycles. The van der Waals surface area contributed by atoms with E-state index in [9.17, 15) is 14.4 Å². The molecule has 0 unspecified atom stereocenters. The van der Waals surface area contributed by atoms with Crippen molar-refractivity contribution in [2.75, 3.05) is 6.61 Å². The SMILES string of the molecule is CCOc1ccc(C(=O)NNC(=O)Cn2c(=O)oc3ccccc32)cc1. The minimum atomic E-state index is -0.640. The number of nitrogens with one attached hydrogen (secondary N) is 2. The number of benzene rings is 2. The van der Waals surface area contributed by atoms with Gasteiger partial charge in [-0.15, -0.1) is 0 Å². The molecule has 2 N–H and O–H groups in total. The van der Waals surface area contributed by atoms with Crippen LogP contribution in [-0.4, -0.2) is 23.0 Å². The molecule has 26 heavy (non-hydrogen) atoms. The Balaban J connectivity index is 1.60. The molecule has 0 saturated carbocycles. The zero-order valence-corrected chi connectivity index (χ0v) is 14.0. The van der Waals surface area contributed by atoms with Crippen molar-refractivity contribution in [1.29, 1.82) is 0 Å². The number of para-hydroxylation sites is 2. The summed E-state index contributed by atoms with van der Waals surface area (Å²) in [5.41, 5.74) is 5.84. The Labute approximate surface area is 148 Å². The van der Waals surface area contributed by atoms with E-state index in [1.807, 2.05) is 6.92 Å². The van der Waals surface area contributed by atoms with Gasteiger partial charge < -0.3 is 9.15 Å². The number of nitrogens with zero attached hydrogens (tertiary/aromatic N) is 1. The van der Waals surface area contributed by atoms with Crippen LogP contribution < -0.4 is 21.3 Å². The van der Waals surface area contributed by atoms with E-state index < -0.39 is 17.6 Å². The Bertz CT molecular complexity index is 988. The van der Waals surface area contributed by atoms with Crippen molar-refractivity contribution in [3.8, 4) is 5.75 Å². The van der Waals surface area contributed by atoms with Gasteiger partial charge >= 0.3 is 5.76 Å². The first-order valence-electron chi connectivity index (χ1n) is 7.99. The molecule has 134 valence electrons. The van der Waals surface area contributed by atoms with Gasteiger partial charge in [-0.2, -0.15) is 0 Å². The Morgan fingerprint density at radius 2 is 1.81 bits per heavy atom. The van der Waals surface area contributed by atoms with Crippen LogP contribution in [0.1, 0.15) is 17.3 Å². The zero-order chi connectivity index (χ0) is 18.5. The van der Waals surface area contributed by atoms with Crippen LogP contribution in [0.2, 0.25) is 0 Å². The standard InChI is InChI=1S/C18H17N3O5/c1-2-25-13-9-7-12(8-10-13)17(23)20-19-16(22)11-21-14-5-3-4-6-15(14)26-18(21)24/h3-10H,2,11H2,1H3,(H,19,22)(H,20,23). The van der Waals surface area contributed by atoms with Gasteiger partial charge in [0.25, 0.3) is 11.8 Å². The quantitative estimate of drug-likeness (QED) is 0.675. The molecule has 0 aliphatic rings. The molecule has 0 fully saturated rings. The van der Waals surface area contributed by atoms with Gasteiger partial charge in [-0.3, -0.25) is 25.0 Å². The highest BCUT2D eigenvalue weighted by Gasteiger charge is 2.13. The fourth-order valence-electron chi connectivity index (χ4n) is 2.41. The topological polar surface area (TPSA) is 103 Å². The zero-order valence-electron chi connectivity index (χ0n) is 14.0. The summed E-state index contributed by atoms with van der Waals surface area (Å²) in [6.07, 6.45) is 0. The molecule has 8 nitrogen and oxygen atoms in total. The molecule has 2 amide bonds. The lowest BCUT2D eigenvalue weighted by molar-refractivity contribution is -0.122. The van der Waals surface area contributed by atoms with Crippen molar-refractivity contribution >= 4 is 22.9 Å². The van der Waals surface area contributed by atoms with Crippen molar-refractivity contribution in [3.63, 3.8) is 0 Å². The number of carbonyl (C=O) groups is 2. The van der Waals surface area contributed by atoms with Crippen LogP contribution in [0.25, 0.3) is 11.1 Å². The molecule has 0 aliphatic carbocycles. The molecular weight excluding hydrogens is 338 g/mol. The van der Waals surface area contributed by atoms with Gasteiger partial charge in [0, 0.05) is 5.56 Å². The van der Waals surface area contributed by atoms with Crippen LogP contribution in [-0.2, 0) is 11.3 Å². The fourth-order valence-corrected chi connectivity index (χ4v) is 2.41. The molecule has 0 atom stereocenters. The Morgan fingerprint density at radius 3 is 2.54 bits per heavy atom. The minimum absolute atomic E-state index is 0.278. The second kappa shape index (κ2) is 7.56. The third kappa shape index (κ3) is 3.75. The normalized spacial score (nSPS) is 10.5. The number of fused-ring (bicyclic) bond motifs is 1. The third-order valence-electron chi connectivity index (χ3n) is 3.62. The average Bonchev–Trinajstić information content (AvgIpc) is 2.96. The van der Waals surface area contributed by atoms with Crippen molar-refractivity contribution < 1.29 is 18.7 Å². The largest absolute Gasteiger partial charge is 0.494 e. The van der Waals surface area contributed by atoms with Gasteiger partial charge in [-0.05, 0) is 43.3 Å². The van der Waals surface area contributed by atoms with E-state index in [1.54, 1.807) is 48.5 Å². The lowest BCUT2D eigenvalue weighted by atomic mass is 10.2. The van der Waals surface area contributed by atoms with Crippen LogP contribution in [0.4, 0.5) is 0 Å². The molecule has 3 aromatic rings. The van der Waals surface area contributed by atoms with Crippen LogP contribution in [0.3, 0.4) is 0 Å². The molecule has 3 rings (SSSR count). The van der Waals surface area contributed by atoms with Crippen molar-refractivity contribution in [1.82, 2.24) is 15.4 Å². The number of hydrogen-bond acceptors (Lipinski definition) is 5. The summed E-state index contributed by atoms with van der Waals surface area (Å²) in [6.45, 7) is 2.12. The molecule has 2 aromatic carbocycles. The van der Waals surface area contributed by atoms with Crippen molar-refractivity contribution in [3.05, 3.63) is 64.6 Å². The van der Waals surface area contributed by atoms with Crippen LogP contribution >= 0.6 is 0 Å². The monoisotopic (exact) mass is 355 g/mol. The van der Waals surface area contributed by atoms with Gasteiger partial charge in [-0.25, -0.2) is 4.79 Å². The second-order valence-electron chi connectivity index (χ2n) is 5.38. The number of hydrogen-bond donors (Lipinski definition) is 2. The first-order valence-corrected chi connectivity index (χ1v) is 7.99. The van der Waals surface area contributed by atoms with Gasteiger partial charge in [-0.1, -0.05) is 12.1 Å². The summed E-state index contributed by atoms with van der Waals surface area (Å²) in [6, 6.07) is 13.3. The number of oxazole rings is 1. The Morgan fingerprint density at radius 1 is 1.08 bits per heavy atom. The summed E-state index contributed by atoms with van der Waals surface area (Å²) in [5.74, 6) is -1.03. The third-order valence-corrected chi connectivity index (χ3v) is 3.62. The predicted molar refractivity (Wildman–Crippen MR) is 93.7 cm³/mol. The van der Waals surface area contributed by atoms with Gasteiger partial charge in [0.2, 0.25) is 0 Å². The van der Waals surface area contributed by atoms with E-state index in [0.717, 1.165) is 0 Å². The summed E-state index contributed by atoms with van der Waals surface area (Å²) in [4.78, 5) is 35.9. The van der Waals surface area contributed by atoms with E-state index in [0.29, 0.717) is 29.0 Å². The molecule has 0 radical (unpaired) electrons. The van der Waals surface area contributed by atoms with E-state index in [2.05, 4.69) is 10.9 Å². The molecule has 0 bridgehead atoms. The van der Waals surface area contributed by atoms with Crippen LogP contribution in [0.5, 0.6) is 5.75 Å². The van der Waals surface area contributed by atoms with Crippen molar-refractivity contribution in [2.24, 2.45) is 0 Å². The van der Waals surface area contributed by atoms with Crippen LogP contribution in [0.15, 0.2) is 57.7 Å². The maximum absolute atomic E-state index is 12.0. The summed E-state index contributed by atoms with van der Waals surface area (Å²) < 4.78 is 11.5. The maximum atomic E-state index is 12.0. The Kier molecular flexibility index (Phi) is 5.02. The number of hydrazine groups is 1. The number of ether oxygens (including phenoxy) is 1. The molecule has 1 heterocycles. The number of rotatable bonds is 5. The van der Waals surface area contributed by atoms with E-state index in [1.165, 1.54) is 4.57 Å². The summed E-state index contributed by atoms with van der Waals surface area (Å²) in [7, 11) is 0. The summed E-state index contributed by atoms with van der Waals surface area (Å²) in [5, 5.41) is 0. The maximum Gasteiger partial charge on any atom is 0.420 e. The Hall–Kier alpha value is -3.55. The lowest BCUT2D eigenvalue weighted by Gasteiger charge is -2.08. The second-order valence-corrected chi connectivity index (χ2v) is 5.38. The highest BCUT2D eigenvalue weighted by molar-refractivity contribution is 5.95. The lowest BCUT2D eigenvalue weighted by Crippen LogP contribution is -2.43. The average molecular weight is 355 g/mol. The van der Waals surface area contributed by atoms with Gasteiger partial charge in [0.1, 0.15) is 12.3 Å². The smallest absolute Gasteiger partial charge is 0.420 e. The minimum Gasteiger partial charge on any atom is -0.494 e. The highest BCUT2D eigenvalue weighted by atomic mass is 16.5. The number of aromatic nitrogens is 1. The van der Waals surface area contributed by atoms with E-state index >= 15 is 0 Å². The first-order chi connectivity index (χ1) is 12.6. The molecule has 8 heteroatoms. The van der Waals surface area contributed by atoms with E-state index in [4.69, 9.17) is 9.15 Å². The van der Waals surface area contributed by atoms with E-state index in [-0.39, 0.29) is 6.54 Å². The van der Waals surface area contributed by atoms with Gasteiger partial charge in [0.15, 0.2) is 5.58 Å². The molecule has 0 aliphatic heterocycles. The van der Waals surface area contributed by atoms with Crippen LogP contribution in [0, 0.1) is 0 Å². The predicted octanol–water partition coefficient (Wildman–Crippen LogP) is 1.45. The number of amides is 2.